The van der Waals surface area contributed by atoms with E-state index in [0.717, 1.165) is 27.1 Å². The number of carbonyl (C=O) groups is 1. The van der Waals surface area contributed by atoms with Gasteiger partial charge < -0.3 is 9.47 Å². The number of nitrogens with zero attached hydrogens (tertiary/aromatic N) is 3. The maximum atomic E-state index is 13.6. The molecule has 1 aromatic heterocycles. The molecular formula is C30H24F3N3O. The van der Waals surface area contributed by atoms with Crippen LogP contribution in [0, 0.1) is 0 Å². The molecule has 0 aliphatic carbocycles. The second-order valence-electron chi connectivity index (χ2n) is 8.74. The average molecular weight is 500 g/mol. The first-order chi connectivity index (χ1) is 17.9. The summed E-state index contributed by atoms with van der Waals surface area (Å²) >= 11 is 0. The molecule has 0 saturated carbocycles. The van der Waals surface area contributed by atoms with Gasteiger partial charge in [-0.1, -0.05) is 84.9 Å². The second kappa shape index (κ2) is 10.3. The Morgan fingerprint density at radius 2 is 1.43 bits per heavy atom. The highest BCUT2D eigenvalue weighted by atomic mass is 19.4. The van der Waals surface area contributed by atoms with E-state index in [4.69, 9.17) is 4.98 Å². The lowest BCUT2D eigenvalue weighted by Crippen LogP contribution is -2.42. The van der Waals surface area contributed by atoms with E-state index in [1.54, 1.807) is 18.2 Å². The third-order valence-corrected chi connectivity index (χ3v) is 6.21. The van der Waals surface area contributed by atoms with Crippen molar-refractivity contribution in [2.45, 2.75) is 19.1 Å². The van der Waals surface area contributed by atoms with E-state index in [1.807, 2.05) is 89.5 Å². The number of imidazole rings is 1. The molecule has 0 N–H and O–H groups in total. The standard InChI is InChI=1S/C30H24F3N3O/c31-30(32,33)29(37)35(19-18-22-10-3-1-4-11-22)25-15-9-14-24(20-25)28-34-26-16-7-8-17-27(26)36(28)21-23-12-5-2-6-13-23/h1-17,20H,18-19,21H2. The minimum absolute atomic E-state index is 0.105. The third kappa shape index (κ3) is 5.40. The summed E-state index contributed by atoms with van der Waals surface area (Å²) in [5.74, 6) is -1.27. The molecule has 4 nitrogen and oxygen atoms in total. The summed E-state index contributed by atoms with van der Waals surface area (Å²) in [6.07, 6.45) is -4.70. The van der Waals surface area contributed by atoms with E-state index in [9.17, 15) is 18.0 Å². The molecule has 0 aliphatic heterocycles. The zero-order chi connectivity index (χ0) is 25.8. The number of halogens is 3. The molecule has 37 heavy (non-hydrogen) atoms. The van der Waals surface area contributed by atoms with E-state index in [-0.39, 0.29) is 12.2 Å². The van der Waals surface area contributed by atoms with Crippen LogP contribution in [0.2, 0.25) is 0 Å². The maximum Gasteiger partial charge on any atom is 0.471 e. The lowest BCUT2D eigenvalue weighted by atomic mass is 10.1. The number of hydrogen-bond acceptors (Lipinski definition) is 2. The molecule has 0 spiro atoms. The highest BCUT2D eigenvalue weighted by Gasteiger charge is 2.43. The van der Waals surface area contributed by atoms with Crippen LogP contribution in [0.4, 0.5) is 18.9 Å². The molecule has 0 saturated heterocycles. The van der Waals surface area contributed by atoms with E-state index in [1.165, 1.54) is 6.07 Å². The zero-order valence-electron chi connectivity index (χ0n) is 19.9. The smallest absolute Gasteiger partial charge is 0.319 e. The van der Waals surface area contributed by atoms with Crippen LogP contribution in [0.15, 0.2) is 109 Å². The molecule has 1 amide bonds. The van der Waals surface area contributed by atoms with E-state index >= 15 is 0 Å². The van der Waals surface area contributed by atoms with Gasteiger partial charge in [0.15, 0.2) is 0 Å². The van der Waals surface area contributed by atoms with Crippen molar-refractivity contribution < 1.29 is 18.0 Å². The fourth-order valence-electron chi connectivity index (χ4n) is 4.42. The number of aromatic nitrogens is 2. The van der Waals surface area contributed by atoms with Gasteiger partial charge in [-0.05, 0) is 41.8 Å². The minimum atomic E-state index is -4.99. The first-order valence-electron chi connectivity index (χ1n) is 11.9. The predicted molar refractivity (Wildman–Crippen MR) is 139 cm³/mol. The lowest BCUT2D eigenvalue weighted by molar-refractivity contribution is -0.170. The van der Waals surface area contributed by atoms with Crippen LogP contribution in [0.1, 0.15) is 11.1 Å². The van der Waals surface area contributed by atoms with Gasteiger partial charge in [0.1, 0.15) is 5.82 Å². The highest BCUT2D eigenvalue weighted by molar-refractivity contribution is 5.98. The van der Waals surface area contributed by atoms with Crippen LogP contribution in [0.3, 0.4) is 0 Å². The van der Waals surface area contributed by atoms with Crippen LogP contribution < -0.4 is 4.90 Å². The summed E-state index contributed by atoms with van der Waals surface area (Å²) < 4.78 is 42.8. The van der Waals surface area contributed by atoms with Crippen LogP contribution in [-0.2, 0) is 17.8 Å². The quantitative estimate of drug-likeness (QED) is 0.245. The van der Waals surface area contributed by atoms with E-state index in [0.29, 0.717) is 24.4 Å². The van der Waals surface area contributed by atoms with Gasteiger partial charge in [-0.25, -0.2) is 4.98 Å². The van der Waals surface area contributed by atoms with Crippen molar-refractivity contribution in [1.82, 2.24) is 9.55 Å². The van der Waals surface area contributed by atoms with Crippen molar-refractivity contribution in [3.8, 4) is 11.4 Å². The number of carbonyl (C=O) groups excluding carboxylic acids is 1. The average Bonchev–Trinajstić information content (AvgIpc) is 3.28. The van der Waals surface area contributed by atoms with Crippen molar-refractivity contribution in [2.75, 3.05) is 11.4 Å². The van der Waals surface area contributed by atoms with Gasteiger partial charge in [-0.15, -0.1) is 0 Å². The Morgan fingerprint density at radius 3 is 2.14 bits per heavy atom. The molecule has 5 rings (SSSR count). The molecule has 5 aromatic rings. The van der Waals surface area contributed by atoms with Gasteiger partial charge in [0.25, 0.3) is 0 Å². The van der Waals surface area contributed by atoms with Crippen LogP contribution in [0.25, 0.3) is 22.4 Å². The molecule has 0 aliphatic rings. The van der Waals surface area contributed by atoms with Gasteiger partial charge in [0.2, 0.25) is 0 Å². The molecule has 0 fully saturated rings. The summed E-state index contributed by atoms with van der Waals surface area (Å²) in [7, 11) is 0. The monoisotopic (exact) mass is 499 g/mol. The normalized spacial score (nSPS) is 11.5. The van der Waals surface area contributed by atoms with Gasteiger partial charge in [0, 0.05) is 24.3 Å². The fourth-order valence-corrected chi connectivity index (χ4v) is 4.42. The zero-order valence-corrected chi connectivity index (χ0v) is 19.9. The number of anilines is 1. The van der Waals surface area contributed by atoms with Gasteiger partial charge in [0.05, 0.1) is 11.0 Å². The molecule has 7 heteroatoms. The number of rotatable bonds is 7. The topological polar surface area (TPSA) is 38.1 Å². The summed E-state index contributed by atoms with van der Waals surface area (Å²) in [4.78, 5) is 18.1. The Hall–Kier alpha value is -4.39. The minimum Gasteiger partial charge on any atom is -0.319 e. The van der Waals surface area contributed by atoms with Crippen molar-refractivity contribution in [3.63, 3.8) is 0 Å². The Labute approximate surface area is 212 Å². The molecule has 0 radical (unpaired) electrons. The third-order valence-electron chi connectivity index (χ3n) is 6.21. The summed E-state index contributed by atoms with van der Waals surface area (Å²) in [6.45, 7) is 0.437. The molecule has 0 atom stereocenters. The van der Waals surface area contributed by atoms with Gasteiger partial charge >= 0.3 is 12.1 Å². The number of amides is 1. The number of hydrogen-bond donors (Lipinski definition) is 0. The highest BCUT2D eigenvalue weighted by Crippen LogP contribution is 2.31. The van der Waals surface area contributed by atoms with Crippen LogP contribution in [-0.4, -0.2) is 28.2 Å². The Bertz CT molecular complexity index is 1510. The lowest BCUT2D eigenvalue weighted by Gasteiger charge is -2.24. The number of alkyl halides is 3. The van der Waals surface area contributed by atoms with Crippen molar-refractivity contribution in [1.29, 1.82) is 0 Å². The van der Waals surface area contributed by atoms with E-state index < -0.39 is 12.1 Å². The van der Waals surface area contributed by atoms with Crippen molar-refractivity contribution in [3.05, 3.63) is 120 Å². The van der Waals surface area contributed by atoms with Crippen LogP contribution >= 0.6 is 0 Å². The molecule has 186 valence electrons. The Balaban J connectivity index is 1.55. The second-order valence-corrected chi connectivity index (χ2v) is 8.74. The molecule has 0 bridgehead atoms. The van der Waals surface area contributed by atoms with Crippen LogP contribution in [0.5, 0.6) is 0 Å². The Morgan fingerprint density at radius 1 is 0.784 bits per heavy atom. The number of para-hydroxylation sites is 2. The molecule has 4 aromatic carbocycles. The number of benzene rings is 4. The number of fused-ring (bicyclic) bond motifs is 1. The SMILES string of the molecule is O=C(N(CCc1ccccc1)c1cccc(-c2nc3ccccc3n2Cc2ccccc2)c1)C(F)(F)F. The van der Waals surface area contributed by atoms with Crippen molar-refractivity contribution >= 4 is 22.6 Å². The van der Waals surface area contributed by atoms with Gasteiger partial charge in [-0.2, -0.15) is 13.2 Å². The maximum absolute atomic E-state index is 13.6. The molecule has 0 unspecified atom stereocenters. The first-order valence-corrected chi connectivity index (χ1v) is 11.9. The van der Waals surface area contributed by atoms with Crippen molar-refractivity contribution in [2.24, 2.45) is 0 Å². The summed E-state index contributed by atoms with van der Waals surface area (Å²) in [6, 6.07) is 33.4. The molecular weight excluding hydrogens is 475 g/mol. The first kappa shape index (κ1) is 24.3. The van der Waals surface area contributed by atoms with Gasteiger partial charge in [-0.3, -0.25) is 4.79 Å². The predicted octanol–water partition coefficient (Wildman–Crippen LogP) is 6.89. The summed E-state index contributed by atoms with van der Waals surface area (Å²) in [5.41, 5.74) is 4.42. The largest absolute Gasteiger partial charge is 0.471 e. The Kier molecular flexibility index (Phi) is 6.77. The molecule has 1 heterocycles. The summed E-state index contributed by atoms with van der Waals surface area (Å²) in [5, 5.41) is 0. The van der Waals surface area contributed by atoms with E-state index in [2.05, 4.69) is 0 Å². The fraction of sp³-hybridized carbons (Fsp3) is 0.133.